The minimum Gasteiger partial charge on any atom is -0.480 e. The van der Waals surface area contributed by atoms with Gasteiger partial charge in [0.2, 0.25) is 0 Å². The second kappa shape index (κ2) is 6.13. The van der Waals surface area contributed by atoms with Crippen LogP contribution < -0.4 is 10.6 Å². The van der Waals surface area contributed by atoms with Crippen LogP contribution in [0.3, 0.4) is 0 Å². The Morgan fingerprint density at radius 1 is 1.12 bits per heavy atom. The summed E-state index contributed by atoms with van der Waals surface area (Å²) in [6, 6.07) is 10.0. The molecule has 1 fully saturated rings. The van der Waals surface area contributed by atoms with Gasteiger partial charge in [-0.25, -0.2) is 14.0 Å². The van der Waals surface area contributed by atoms with E-state index in [-0.39, 0.29) is 5.82 Å². The Hall–Kier alpha value is -2.60. The molecule has 124 valence electrons. The van der Waals surface area contributed by atoms with Crippen molar-refractivity contribution in [3.05, 3.63) is 53.3 Å². The third kappa shape index (κ3) is 3.33. The largest absolute Gasteiger partial charge is 0.480 e. The van der Waals surface area contributed by atoms with Gasteiger partial charge in [-0.3, -0.25) is 0 Å². The first-order valence-corrected chi connectivity index (χ1v) is 7.65. The van der Waals surface area contributed by atoms with Crippen molar-refractivity contribution < 1.29 is 19.1 Å². The van der Waals surface area contributed by atoms with Gasteiger partial charge in [-0.2, -0.15) is 0 Å². The standard InChI is InChI=1S/C17H14ClFN2O3/c18-11-3-6-14(13(9-11)10-1-4-12(19)5-2-10)20-16(24)21-17(7-8-17)15(22)23/h1-6,9H,7-8H2,(H,22,23)(H2,20,21,24). The number of carboxylic acids is 1. The fraction of sp³-hybridized carbons (Fsp3) is 0.176. The Labute approximate surface area is 142 Å². The number of carboxylic acid groups (broad SMARTS) is 1. The molecule has 2 amide bonds. The SMILES string of the molecule is O=C(Nc1ccc(Cl)cc1-c1ccc(F)cc1)NC1(C(=O)O)CC1. The molecule has 0 aromatic heterocycles. The summed E-state index contributed by atoms with van der Waals surface area (Å²) in [6.07, 6.45) is 0.808. The van der Waals surface area contributed by atoms with Gasteiger partial charge in [0.15, 0.2) is 0 Å². The van der Waals surface area contributed by atoms with Crippen molar-refractivity contribution in [2.24, 2.45) is 0 Å². The highest BCUT2D eigenvalue weighted by Crippen LogP contribution is 2.36. The van der Waals surface area contributed by atoms with Crippen molar-refractivity contribution in [1.82, 2.24) is 5.32 Å². The van der Waals surface area contributed by atoms with Crippen LogP contribution >= 0.6 is 11.6 Å². The van der Waals surface area contributed by atoms with Gasteiger partial charge in [0.1, 0.15) is 11.4 Å². The quantitative estimate of drug-likeness (QED) is 0.784. The number of rotatable bonds is 4. The molecule has 0 spiro atoms. The molecule has 3 N–H and O–H groups in total. The zero-order valence-corrected chi connectivity index (χ0v) is 13.2. The van der Waals surface area contributed by atoms with Crippen LogP contribution in [-0.2, 0) is 4.79 Å². The molecule has 24 heavy (non-hydrogen) atoms. The van der Waals surface area contributed by atoms with E-state index in [0.29, 0.717) is 34.7 Å². The minimum atomic E-state index is -1.17. The molecular weight excluding hydrogens is 335 g/mol. The van der Waals surface area contributed by atoms with E-state index in [1.807, 2.05) is 0 Å². The highest BCUT2D eigenvalue weighted by Gasteiger charge is 2.51. The predicted molar refractivity (Wildman–Crippen MR) is 88.6 cm³/mol. The number of nitrogens with one attached hydrogen (secondary N) is 2. The molecule has 0 bridgehead atoms. The Morgan fingerprint density at radius 3 is 2.38 bits per heavy atom. The Morgan fingerprint density at radius 2 is 1.79 bits per heavy atom. The smallest absolute Gasteiger partial charge is 0.329 e. The predicted octanol–water partition coefficient (Wildman–Crippen LogP) is 3.88. The van der Waals surface area contributed by atoms with Gasteiger partial charge in [-0.15, -0.1) is 0 Å². The van der Waals surface area contributed by atoms with Crippen LogP contribution in [0.4, 0.5) is 14.9 Å². The van der Waals surface area contributed by atoms with E-state index in [0.717, 1.165) is 0 Å². The maximum absolute atomic E-state index is 13.1. The average Bonchev–Trinajstić information content (AvgIpc) is 3.31. The fourth-order valence-corrected chi connectivity index (χ4v) is 2.55. The molecule has 2 aromatic carbocycles. The second-order valence-electron chi connectivity index (χ2n) is 5.66. The van der Waals surface area contributed by atoms with E-state index >= 15 is 0 Å². The fourth-order valence-electron chi connectivity index (χ4n) is 2.38. The molecule has 1 saturated carbocycles. The molecule has 0 unspecified atom stereocenters. The van der Waals surface area contributed by atoms with Gasteiger partial charge in [0.05, 0.1) is 5.69 Å². The Kier molecular flexibility index (Phi) is 4.15. The van der Waals surface area contributed by atoms with Crippen molar-refractivity contribution >= 4 is 29.3 Å². The maximum Gasteiger partial charge on any atom is 0.329 e. The van der Waals surface area contributed by atoms with Crippen molar-refractivity contribution in [2.75, 3.05) is 5.32 Å². The van der Waals surface area contributed by atoms with E-state index < -0.39 is 17.5 Å². The van der Waals surface area contributed by atoms with E-state index in [1.54, 1.807) is 30.3 Å². The van der Waals surface area contributed by atoms with Crippen LogP contribution in [0.5, 0.6) is 0 Å². The van der Waals surface area contributed by atoms with Gasteiger partial charge in [-0.1, -0.05) is 23.7 Å². The highest BCUT2D eigenvalue weighted by atomic mass is 35.5. The van der Waals surface area contributed by atoms with Crippen LogP contribution in [-0.4, -0.2) is 22.6 Å². The van der Waals surface area contributed by atoms with Crippen LogP contribution in [0, 0.1) is 5.82 Å². The normalized spacial score (nSPS) is 14.8. The maximum atomic E-state index is 13.1. The van der Waals surface area contributed by atoms with Crippen molar-refractivity contribution in [2.45, 2.75) is 18.4 Å². The molecule has 0 radical (unpaired) electrons. The summed E-state index contributed by atoms with van der Waals surface area (Å²) in [7, 11) is 0. The first kappa shape index (κ1) is 16.3. The lowest BCUT2D eigenvalue weighted by Gasteiger charge is -2.16. The third-order valence-corrected chi connectivity index (χ3v) is 4.13. The van der Waals surface area contributed by atoms with Crippen LogP contribution in [0.2, 0.25) is 5.02 Å². The number of carbonyl (C=O) groups excluding carboxylic acids is 1. The lowest BCUT2D eigenvalue weighted by Crippen LogP contribution is -2.45. The summed E-state index contributed by atoms with van der Waals surface area (Å²) in [5, 5.41) is 14.7. The lowest BCUT2D eigenvalue weighted by molar-refractivity contribution is -0.140. The van der Waals surface area contributed by atoms with Crippen molar-refractivity contribution in [3.8, 4) is 11.1 Å². The monoisotopic (exact) mass is 348 g/mol. The molecule has 0 aliphatic heterocycles. The molecule has 2 aromatic rings. The molecule has 1 aliphatic rings. The van der Waals surface area contributed by atoms with Crippen molar-refractivity contribution in [3.63, 3.8) is 0 Å². The molecule has 7 heteroatoms. The summed E-state index contributed by atoms with van der Waals surface area (Å²) in [5.41, 5.74) is 0.558. The summed E-state index contributed by atoms with van der Waals surface area (Å²) in [6.45, 7) is 0. The number of carbonyl (C=O) groups is 2. The van der Waals surface area contributed by atoms with E-state index in [9.17, 15) is 14.0 Å². The summed E-state index contributed by atoms with van der Waals surface area (Å²) >= 11 is 6.01. The molecular formula is C17H14ClFN2O3. The minimum absolute atomic E-state index is 0.370. The summed E-state index contributed by atoms with van der Waals surface area (Å²) in [5.74, 6) is -1.42. The molecule has 5 nitrogen and oxygen atoms in total. The Balaban J connectivity index is 1.84. The Bertz CT molecular complexity index is 804. The van der Waals surface area contributed by atoms with E-state index in [2.05, 4.69) is 10.6 Å². The zero-order chi connectivity index (χ0) is 17.3. The average molecular weight is 349 g/mol. The van der Waals surface area contributed by atoms with Crippen molar-refractivity contribution in [1.29, 1.82) is 0 Å². The number of benzene rings is 2. The van der Waals surface area contributed by atoms with Crippen LogP contribution in [0.1, 0.15) is 12.8 Å². The number of halogens is 2. The second-order valence-corrected chi connectivity index (χ2v) is 6.10. The number of aliphatic carboxylic acids is 1. The number of hydrogen-bond donors (Lipinski definition) is 3. The molecule has 1 aliphatic carbocycles. The number of urea groups is 1. The van der Waals surface area contributed by atoms with Gasteiger partial charge >= 0.3 is 12.0 Å². The number of amides is 2. The molecule has 3 rings (SSSR count). The third-order valence-electron chi connectivity index (χ3n) is 3.90. The first-order valence-electron chi connectivity index (χ1n) is 7.28. The van der Waals surface area contributed by atoms with Crippen LogP contribution in [0.25, 0.3) is 11.1 Å². The molecule has 0 atom stereocenters. The zero-order valence-electron chi connectivity index (χ0n) is 12.5. The van der Waals surface area contributed by atoms with Gasteiger partial charge in [0.25, 0.3) is 0 Å². The summed E-state index contributed by atoms with van der Waals surface area (Å²) in [4.78, 5) is 23.3. The molecule has 0 saturated heterocycles. The summed E-state index contributed by atoms with van der Waals surface area (Å²) < 4.78 is 13.1. The first-order chi connectivity index (χ1) is 11.4. The van der Waals surface area contributed by atoms with E-state index in [4.69, 9.17) is 16.7 Å². The van der Waals surface area contributed by atoms with Crippen LogP contribution in [0.15, 0.2) is 42.5 Å². The number of anilines is 1. The van der Waals surface area contributed by atoms with Gasteiger partial charge < -0.3 is 15.7 Å². The number of hydrogen-bond acceptors (Lipinski definition) is 2. The molecule has 0 heterocycles. The lowest BCUT2D eigenvalue weighted by atomic mass is 10.0. The van der Waals surface area contributed by atoms with Gasteiger partial charge in [-0.05, 0) is 48.7 Å². The topological polar surface area (TPSA) is 78.4 Å². The van der Waals surface area contributed by atoms with Gasteiger partial charge in [0, 0.05) is 10.6 Å². The highest BCUT2D eigenvalue weighted by molar-refractivity contribution is 6.31. The van der Waals surface area contributed by atoms with E-state index in [1.165, 1.54) is 12.1 Å².